The van der Waals surface area contributed by atoms with Crippen LogP contribution in [-0.2, 0) is 0 Å². The van der Waals surface area contributed by atoms with Crippen LogP contribution < -0.4 is 0 Å². The van der Waals surface area contributed by atoms with Gasteiger partial charge in [0, 0.05) is 0 Å². The molecule has 1 aromatic carbocycles. The molecule has 0 saturated heterocycles. The zero-order chi connectivity index (χ0) is 11.1. The monoisotopic (exact) mass is 220 g/mol. The Morgan fingerprint density at radius 1 is 1.33 bits per heavy atom. The first-order valence-electron chi connectivity index (χ1n) is 4.63. The molecule has 1 rings (SSSR count). The molecule has 2 heteroatoms. The maximum Gasteiger partial charge on any atom is 0.108 e. The average Bonchev–Trinajstić information content (AvgIpc) is 2.27. The highest BCUT2D eigenvalue weighted by Crippen LogP contribution is 2.11. The van der Waals surface area contributed by atoms with Gasteiger partial charge in [-0.25, -0.2) is 0 Å². The maximum absolute atomic E-state index is 9.58. The Balaban J connectivity index is 2.66. The van der Waals surface area contributed by atoms with Crippen molar-refractivity contribution in [3.63, 3.8) is 0 Å². The molecule has 0 aromatic heterocycles. The summed E-state index contributed by atoms with van der Waals surface area (Å²) < 4.78 is 0. The van der Waals surface area contributed by atoms with E-state index in [0.29, 0.717) is 5.03 Å². The molecule has 1 unspecified atom stereocenters. The van der Waals surface area contributed by atoms with Crippen LogP contribution in [0.25, 0.3) is 6.08 Å². The molecule has 15 heavy (non-hydrogen) atoms. The van der Waals surface area contributed by atoms with Crippen molar-refractivity contribution >= 4 is 17.7 Å². The molecular weight excluding hydrogens is 208 g/mol. The van der Waals surface area contributed by atoms with Crippen LogP contribution in [0.3, 0.4) is 0 Å². The van der Waals surface area contributed by atoms with E-state index in [2.05, 4.69) is 6.58 Å². The number of benzene rings is 1. The molecule has 78 valence electrons. The van der Waals surface area contributed by atoms with Crippen LogP contribution in [0.15, 0.2) is 60.2 Å². The number of aliphatic hydroxyl groups is 1. The van der Waals surface area contributed by atoms with Crippen molar-refractivity contribution in [2.24, 2.45) is 0 Å². The van der Waals surface area contributed by atoms with Crippen molar-refractivity contribution in [1.29, 1.82) is 0 Å². The molecule has 0 spiro atoms. The van der Waals surface area contributed by atoms with Gasteiger partial charge < -0.3 is 5.11 Å². The lowest BCUT2D eigenvalue weighted by Gasteiger charge is -2.02. The fraction of sp³-hybridized carbons (Fsp3) is 0.0769. The van der Waals surface area contributed by atoms with E-state index in [1.807, 2.05) is 36.4 Å². The van der Waals surface area contributed by atoms with Gasteiger partial charge in [0.05, 0.1) is 5.03 Å². The third-order valence-electron chi connectivity index (χ3n) is 1.83. The Morgan fingerprint density at radius 3 is 2.60 bits per heavy atom. The first-order chi connectivity index (χ1) is 7.24. The molecular formula is C13H13ClO. The predicted molar refractivity (Wildman–Crippen MR) is 65.6 cm³/mol. The minimum absolute atomic E-state index is 0.359. The average molecular weight is 221 g/mol. The zero-order valence-corrected chi connectivity index (χ0v) is 9.06. The van der Waals surface area contributed by atoms with Gasteiger partial charge in [-0.2, -0.15) is 0 Å². The minimum Gasteiger partial charge on any atom is -0.383 e. The van der Waals surface area contributed by atoms with E-state index in [4.69, 9.17) is 11.6 Å². The first kappa shape index (κ1) is 11.8. The number of rotatable bonds is 4. The molecule has 0 amide bonds. The summed E-state index contributed by atoms with van der Waals surface area (Å²) in [4.78, 5) is 0. The van der Waals surface area contributed by atoms with Crippen LogP contribution in [0.5, 0.6) is 0 Å². The quantitative estimate of drug-likeness (QED) is 0.772. The molecule has 1 nitrogen and oxygen atoms in total. The molecule has 0 aliphatic carbocycles. The third-order valence-corrected chi connectivity index (χ3v) is 2.18. The van der Waals surface area contributed by atoms with E-state index in [-0.39, 0.29) is 0 Å². The number of hydrogen-bond acceptors (Lipinski definition) is 1. The predicted octanol–water partition coefficient (Wildman–Crippen LogP) is 3.37. The smallest absolute Gasteiger partial charge is 0.108 e. The Labute approximate surface area is 95.0 Å². The van der Waals surface area contributed by atoms with Crippen molar-refractivity contribution in [2.45, 2.75) is 6.10 Å². The van der Waals surface area contributed by atoms with Gasteiger partial charge in [0.15, 0.2) is 0 Å². The highest BCUT2D eigenvalue weighted by atomic mass is 35.5. The summed E-state index contributed by atoms with van der Waals surface area (Å²) in [5.74, 6) is 0. The Bertz CT molecular complexity index is 365. The van der Waals surface area contributed by atoms with Gasteiger partial charge in [0.2, 0.25) is 0 Å². The van der Waals surface area contributed by atoms with Gasteiger partial charge in [-0.15, -0.1) is 0 Å². The molecule has 0 aliphatic rings. The molecule has 0 heterocycles. The summed E-state index contributed by atoms with van der Waals surface area (Å²) in [5, 5.41) is 9.93. The molecule has 0 fully saturated rings. The Hall–Kier alpha value is -1.31. The molecule has 1 N–H and O–H groups in total. The lowest BCUT2D eigenvalue weighted by Crippen LogP contribution is -2.00. The van der Waals surface area contributed by atoms with Gasteiger partial charge in [-0.3, -0.25) is 0 Å². The van der Waals surface area contributed by atoms with Gasteiger partial charge in [0.25, 0.3) is 0 Å². The molecule has 0 aliphatic heterocycles. The Morgan fingerprint density at radius 2 is 2.00 bits per heavy atom. The van der Waals surface area contributed by atoms with Crippen molar-refractivity contribution in [1.82, 2.24) is 0 Å². The topological polar surface area (TPSA) is 20.2 Å². The second-order valence-corrected chi connectivity index (χ2v) is 3.44. The van der Waals surface area contributed by atoms with Crippen LogP contribution in [0.4, 0.5) is 0 Å². The van der Waals surface area contributed by atoms with Gasteiger partial charge in [-0.1, -0.05) is 66.7 Å². The summed E-state index contributed by atoms with van der Waals surface area (Å²) in [7, 11) is 0. The highest BCUT2D eigenvalue weighted by Gasteiger charge is 2.01. The van der Waals surface area contributed by atoms with Crippen LogP contribution >= 0.6 is 11.6 Å². The van der Waals surface area contributed by atoms with E-state index in [0.717, 1.165) is 5.56 Å². The standard InChI is InChI=1S/C13H13ClO/c1-2-6-12(14)13(15)10-9-11-7-4-3-5-8-11/h2-10,13,15H,1H2/b10-9+,12-6-. The summed E-state index contributed by atoms with van der Waals surface area (Å²) in [6.45, 7) is 3.51. The summed E-state index contributed by atoms with van der Waals surface area (Å²) in [6.07, 6.45) is 5.80. The normalized spacial score (nSPS) is 14.1. The minimum atomic E-state index is -0.773. The number of halogens is 1. The maximum atomic E-state index is 9.58. The summed E-state index contributed by atoms with van der Waals surface area (Å²) >= 11 is 5.79. The lowest BCUT2D eigenvalue weighted by molar-refractivity contribution is 0.268. The Kier molecular flexibility index (Phi) is 4.88. The van der Waals surface area contributed by atoms with Crippen molar-refractivity contribution in [2.75, 3.05) is 0 Å². The van der Waals surface area contributed by atoms with Gasteiger partial charge in [-0.05, 0) is 11.6 Å². The first-order valence-corrected chi connectivity index (χ1v) is 5.01. The fourth-order valence-corrected chi connectivity index (χ4v) is 1.23. The molecule has 1 atom stereocenters. The molecule has 0 saturated carbocycles. The number of hydrogen-bond donors (Lipinski definition) is 1. The van der Waals surface area contributed by atoms with Crippen LogP contribution in [0, 0.1) is 0 Å². The van der Waals surface area contributed by atoms with Crippen LogP contribution in [-0.4, -0.2) is 11.2 Å². The summed E-state index contributed by atoms with van der Waals surface area (Å²) in [5.41, 5.74) is 1.03. The lowest BCUT2D eigenvalue weighted by atomic mass is 10.2. The highest BCUT2D eigenvalue weighted by molar-refractivity contribution is 6.30. The second-order valence-electron chi connectivity index (χ2n) is 3.00. The van der Waals surface area contributed by atoms with Crippen molar-refractivity contribution in [3.05, 3.63) is 65.7 Å². The van der Waals surface area contributed by atoms with Gasteiger partial charge >= 0.3 is 0 Å². The zero-order valence-electron chi connectivity index (χ0n) is 8.31. The summed E-state index contributed by atoms with van der Waals surface area (Å²) in [6, 6.07) is 9.72. The second kappa shape index (κ2) is 6.23. The van der Waals surface area contributed by atoms with Gasteiger partial charge in [0.1, 0.15) is 6.10 Å². The number of allylic oxidation sites excluding steroid dienone is 2. The largest absolute Gasteiger partial charge is 0.383 e. The SMILES string of the molecule is C=C/C=C(\Cl)C(O)/C=C/c1ccccc1. The van der Waals surface area contributed by atoms with E-state index in [9.17, 15) is 5.11 Å². The molecule has 0 bridgehead atoms. The van der Waals surface area contributed by atoms with Crippen molar-refractivity contribution < 1.29 is 5.11 Å². The fourth-order valence-electron chi connectivity index (χ4n) is 1.07. The van der Waals surface area contributed by atoms with E-state index < -0.39 is 6.10 Å². The van der Waals surface area contributed by atoms with Crippen LogP contribution in [0.1, 0.15) is 5.56 Å². The van der Waals surface area contributed by atoms with Crippen molar-refractivity contribution in [3.8, 4) is 0 Å². The molecule has 0 radical (unpaired) electrons. The van der Waals surface area contributed by atoms with E-state index in [1.165, 1.54) is 0 Å². The van der Waals surface area contributed by atoms with E-state index >= 15 is 0 Å². The molecule has 1 aromatic rings. The third kappa shape index (κ3) is 4.15. The van der Waals surface area contributed by atoms with Crippen LogP contribution in [0.2, 0.25) is 0 Å². The number of aliphatic hydroxyl groups excluding tert-OH is 1. The van der Waals surface area contributed by atoms with E-state index in [1.54, 1.807) is 18.2 Å².